The number of hydrogen-bond donors (Lipinski definition) is 0. The van der Waals surface area contributed by atoms with Crippen molar-refractivity contribution in [3.05, 3.63) is 0 Å². The van der Waals surface area contributed by atoms with Gasteiger partial charge in [0.25, 0.3) is 0 Å². The molecule has 1 heteroatoms. The minimum atomic E-state index is 0.963. The predicted octanol–water partition coefficient (Wildman–Crippen LogP) is 1.27. The molecule has 2 aliphatic heterocycles. The van der Waals surface area contributed by atoms with E-state index in [0.717, 1.165) is 10.9 Å². The Morgan fingerprint density at radius 3 is 2.50 bits per heavy atom. The molecule has 2 saturated heterocycles. The maximum Gasteiger partial charge on any atom is 0.121 e. The molecule has 2 heterocycles. The molecule has 0 aromatic rings. The lowest BCUT2D eigenvalue weighted by molar-refractivity contribution is 0.286. The van der Waals surface area contributed by atoms with Gasteiger partial charge in [0.15, 0.2) is 0 Å². The number of fused-ring (bicyclic) bond motifs is 4. The van der Waals surface area contributed by atoms with Crippen molar-refractivity contribution in [2.24, 2.45) is 23.7 Å². The summed E-state index contributed by atoms with van der Waals surface area (Å²) >= 11 is 0. The number of hydrogen-bond acceptors (Lipinski definition) is 0. The quantitative estimate of drug-likeness (QED) is 0.460. The Balaban J connectivity index is 1.98. The molecule has 4 aliphatic rings. The van der Waals surface area contributed by atoms with Gasteiger partial charge in [-0.2, -0.15) is 0 Å². The second-order valence-corrected chi connectivity index (χ2v) is 6.98. The van der Waals surface area contributed by atoms with E-state index in [2.05, 4.69) is 0 Å². The maximum atomic E-state index is 1.68. The Morgan fingerprint density at radius 1 is 0.900 bits per heavy atom. The van der Waals surface area contributed by atoms with Crippen LogP contribution in [0.1, 0.15) is 12.8 Å². The first-order chi connectivity index (χ1) is 4.93. The fourth-order valence-electron chi connectivity index (χ4n) is 4.24. The van der Waals surface area contributed by atoms with Crippen molar-refractivity contribution in [1.29, 1.82) is 0 Å². The second kappa shape index (κ2) is 1.31. The average Bonchev–Trinajstić information content (AvgIpc) is 2.54. The SMILES string of the molecule is C1[C@@H]2C[C@H]3[C@@H]1[C@H]1C[S+]3C[C@H]21. The molecule has 54 valence electrons. The summed E-state index contributed by atoms with van der Waals surface area (Å²) in [5.41, 5.74) is 0. The van der Waals surface area contributed by atoms with Crippen molar-refractivity contribution >= 4 is 10.9 Å². The first kappa shape index (κ1) is 5.08. The molecule has 4 bridgehead atoms. The zero-order chi connectivity index (χ0) is 6.29. The summed E-state index contributed by atoms with van der Waals surface area (Å²) in [6, 6.07) is 0. The lowest BCUT2D eigenvalue weighted by Gasteiger charge is -2.27. The van der Waals surface area contributed by atoms with Gasteiger partial charge in [-0.1, -0.05) is 0 Å². The molecule has 1 unspecified atom stereocenters. The lowest BCUT2D eigenvalue weighted by atomic mass is 9.81. The van der Waals surface area contributed by atoms with Crippen LogP contribution in [0.2, 0.25) is 0 Å². The molecule has 0 nitrogen and oxygen atoms in total. The predicted molar refractivity (Wildman–Crippen MR) is 44.1 cm³/mol. The van der Waals surface area contributed by atoms with Crippen molar-refractivity contribution in [1.82, 2.24) is 0 Å². The molecule has 0 spiro atoms. The van der Waals surface area contributed by atoms with Crippen LogP contribution in [0.5, 0.6) is 0 Å². The van der Waals surface area contributed by atoms with Crippen LogP contribution < -0.4 is 0 Å². The summed E-state index contributed by atoms with van der Waals surface area (Å²) in [5.74, 6) is 8.34. The fourth-order valence-corrected chi connectivity index (χ4v) is 8.20. The van der Waals surface area contributed by atoms with Crippen LogP contribution in [0.15, 0.2) is 0 Å². The minimum Gasteiger partial charge on any atom is -0.0417 e. The highest BCUT2D eigenvalue weighted by Gasteiger charge is 2.71. The third-order valence-corrected chi connectivity index (χ3v) is 7.56. The van der Waals surface area contributed by atoms with E-state index in [-0.39, 0.29) is 0 Å². The Labute approximate surface area is 64.7 Å². The van der Waals surface area contributed by atoms with Gasteiger partial charge in [-0.15, -0.1) is 0 Å². The summed E-state index contributed by atoms with van der Waals surface area (Å²) in [4.78, 5) is 0. The lowest BCUT2D eigenvalue weighted by Crippen LogP contribution is -2.35. The Kier molecular flexibility index (Phi) is 0.663. The van der Waals surface area contributed by atoms with Crippen LogP contribution in [-0.4, -0.2) is 16.8 Å². The van der Waals surface area contributed by atoms with Gasteiger partial charge < -0.3 is 0 Å². The van der Waals surface area contributed by atoms with E-state index in [0.29, 0.717) is 0 Å². The maximum absolute atomic E-state index is 1.68. The topological polar surface area (TPSA) is 0 Å². The molecule has 6 atom stereocenters. The van der Waals surface area contributed by atoms with Gasteiger partial charge in [0, 0.05) is 17.8 Å². The van der Waals surface area contributed by atoms with Gasteiger partial charge in [0.1, 0.15) is 16.8 Å². The van der Waals surface area contributed by atoms with Crippen LogP contribution in [0.25, 0.3) is 0 Å². The highest BCUT2D eigenvalue weighted by molar-refractivity contribution is 7.98. The van der Waals surface area contributed by atoms with E-state index >= 15 is 0 Å². The normalized spacial score (nSPS) is 74.4. The largest absolute Gasteiger partial charge is 0.121 e. The van der Waals surface area contributed by atoms with Crippen LogP contribution in [-0.2, 0) is 10.9 Å². The molecular formula is C9H13S+. The molecule has 0 amide bonds. The summed E-state index contributed by atoms with van der Waals surface area (Å²) in [6.07, 6.45) is 3.32. The highest BCUT2D eigenvalue weighted by atomic mass is 32.2. The second-order valence-electron chi connectivity index (χ2n) is 4.63. The molecule has 0 aromatic carbocycles. The van der Waals surface area contributed by atoms with E-state index in [1.807, 2.05) is 0 Å². The van der Waals surface area contributed by atoms with Gasteiger partial charge >= 0.3 is 0 Å². The van der Waals surface area contributed by atoms with Crippen molar-refractivity contribution in [2.75, 3.05) is 11.5 Å². The van der Waals surface area contributed by atoms with E-state index in [9.17, 15) is 0 Å². The zero-order valence-electron chi connectivity index (χ0n) is 6.12. The molecule has 4 fully saturated rings. The summed E-state index contributed by atoms with van der Waals surface area (Å²) in [6.45, 7) is 0. The molecule has 10 heavy (non-hydrogen) atoms. The van der Waals surface area contributed by atoms with Gasteiger partial charge in [-0.05, 0) is 29.7 Å². The van der Waals surface area contributed by atoms with Gasteiger partial charge in [-0.25, -0.2) is 0 Å². The van der Waals surface area contributed by atoms with Gasteiger partial charge in [0.05, 0.1) is 0 Å². The summed E-state index contributed by atoms with van der Waals surface area (Å²) in [7, 11) is 0.963. The van der Waals surface area contributed by atoms with Crippen LogP contribution >= 0.6 is 0 Å². The van der Waals surface area contributed by atoms with E-state index in [1.54, 1.807) is 24.3 Å². The standard InChI is InChI=1S/C9H13S/c1-5-2-9-6(1)8-4-10(9)3-7(5)8/h5-9H,1-4H2/q+1/t5-,6+,7-,8-,9+,10?/m1/s1. The van der Waals surface area contributed by atoms with E-state index < -0.39 is 0 Å². The molecule has 2 saturated carbocycles. The summed E-state index contributed by atoms with van der Waals surface area (Å²) < 4.78 is 0. The van der Waals surface area contributed by atoms with E-state index in [4.69, 9.17) is 0 Å². The third-order valence-electron chi connectivity index (χ3n) is 4.53. The van der Waals surface area contributed by atoms with Crippen molar-refractivity contribution < 1.29 is 0 Å². The smallest absolute Gasteiger partial charge is 0.0417 e. The molecule has 4 rings (SSSR count). The molecule has 2 aliphatic carbocycles. The average molecular weight is 153 g/mol. The molecular weight excluding hydrogens is 140 g/mol. The monoisotopic (exact) mass is 153 g/mol. The highest BCUT2D eigenvalue weighted by Crippen LogP contribution is 2.65. The first-order valence-electron chi connectivity index (χ1n) is 4.60. The Bertz CT molecular complexity index is 161. The van der Waals surface area contributed by atoms with Crippen LogP contribution in [0.4, 0.5) is 0 Å². The van der Waals surface area contributed by atoms with Gasteiger partial charge in [0.2, 0.25) is 0 Å². The van der Waals surface area contributed by atoms with Crippen LogP contribution in [0, 0.1) is 23.7 Å². The summed E-state index contributed by atoms with van der Waals surface area (Å²) in [5, 5.41) is 1.26. The van der Waals surface area contributed by atoms with Crippen LogP contribution in [0.3, 0.4) is 0 Å². The number of rotatable bonds is 0. The Morgan fingerprint density at radius 2 is 1.80 bits per heavy atom. The minimum absolute atomic E-state index is 0.963. The third kappa shape index (κ3) is 0.341. The molecule has 0 N–H and O–H groups in total. The molecule has 0 aromatic heterocycles. The Hall–Kier alpha value is 0.350. The molecule has 0 radical (unpaired) electrons. The first-order valence-corrected chi connectivity index (χ1v) is 6.22. The zero-order valence-corrected chi connectivity index (χ0v) is 6.94. The van der Waals surface area contributed by atoms with Crippen molar-refractivity contribution in [3.63, 3.8) is 0 Å². The van der Waals surface area contributed by atoms with Crippen molar-refractivity contribution in [3.8, 4) is 0 Å². The fraction of sp³-hybridized carbons (Fsp3) is 1.00. The van der Waals surface area contributed by atoms with E-state index in [1.165, 1.54) is 28.9 Å². The van der Waals surface area contributed by atoms with Gasteiger partial charge in [-0.3, -0.25) is 0 Å². The van der Waals surface area contributed by atoms with Crippen molar-refractivity contribution in [2.45, 2.75) is 18.1 Å².